The van der Waals surface area contributed by atoms with Gasteiger partial charge in [0.1, 0.15) is 11.8 Å². The molecule has 1 N–H and O–H groups in total. The van der Waals surface area contributed by atoms with Crippen molar-refractivity contribution in [3.63, 3.8) is 0 Å². The van der Waals surface area contributed by atoms with Gasteiger partial charge < -0.3 is 24.5 Å². The molecule has 6 atom stereocenters. The molecule has 4 rings (SSSR count). The van der Waals surface area contributed by atoms with Crippen LogP contribution < -0.4 is 9.64 Å². The summed E-state index contributed by atoms with van der Waals surface area (Å²) in [5.74, 6) is -1.12. The van der Waals surface area contributed by atoms with Crippen LogP contribution >= 0.6 is 11.8 Å². The molecule has 9 heteroatoms. The van der Waals surface area contributed by atoms with Gasteiger partial charge in [0.2, 0.25) is 17.7 Å². The summed E-state index contributed by atoms with van der Waals surface area (Å²) in [6.07, 6.45) is 4.75. The lowest BCUT2D eigenvalue weighted by Crippen LogP contribution is -2.60. The second kappa shape index (κ2) is 11.5. The minimum absolute atomic E-state index is 0.146. The van der Waals surface area contributed by atoms with E-state index in [0.29, 0.717) is 37.4 Å². The number of carbonyl (C=O) groups is 3. The summed E-state index contributed by atoms with van der Waals surface area (Å²) in [5, 5.41) is 10.2. The SMILES string of the molecule is C=CCN(C(=O)[C@@H]1[C@H]2C(=O)N([C@H](C)CO)C(C(=O)N(CC=C)C(C)(C)C)C23CC[C@@]1(C)S3)c1ccc(OCC)cc1. The predicted molar refractivity (Wildman–Crippen MR) is 164 cm³/mol. The van der Waals surface area contributed by atoms with E-state index in [9.17, 15) is 19.5 Å². The maximum Gasteiger partial charge on any atom is 0.247 e. The normalized spacial score (nSPS) is 29.2. The van der Waals surface area contributed by atoms with Gasteiger partial charge in [0, 0.05) is 29.1 Å². The number of anilines is 1. The van der Waals surface area contributed by atoms with E-state index >= 15 is 0 Å². The smallest absolute Gasteiger partial charge is 0.247 e. The van der Waals surface area contributed by atoms with Gasteiger partial charge in [-0.15, -0.1) is 24.9 Å². The highest BCUT2D eigenvalue weighted by Crippen LogP contribution is 2.72. The molecule has 3 saturated heterocycles. The van der Waals surface area contributed by atoms with Crippen molar-refractivity contribution in [1.82, 2.24) is 9.80 Å². The van der Waals surface area contributed by atoms with Gasteiger partial charge in [-0.05, 0) is 78.6 Å². The molecule has 224 valence electrons. The summed E-state index contributed by atoms with van der Waals surface area (Å²) in [7, 11) is 0. The van der Waals surface area contributed by atoms with Crippen LogP contribution in [0.25, 0.3) is 0 Å². The standard InChI is InChI=1S/C32H45N3O5S/c1-9-18-33(22-12-14-23(15-13-22)40-11-3)27(37)24-25-28(38)35(21(4)20-36)26(32(25)17-16-31(24,8)41-32)29(39)34(19-10-2)30(5,6)7/h9-10,12-15,21,24-26,36H,1-2,11,16-20H2,3-8H3/t21-,24+,25+,26?,31-,32?/m1/s1. The Kier molecular flexibility index (Phi) is 8.72. The van der Waals surface area contributed by atoms with Gasteiger partial charge in [0.05, 0.1) is 35.8 Å². The monoisotopic (exact) mass is 583 g/mol. The number of hydrogen-bond acceptors (Lipinski definition) is 6. The molecule has 0 saturated carbocycles. The predicted octanol–water partition coefficient (Wildman–Crippen LogP) is 4.28. The number of thioether (sulfide) groups is 1. The molecule has 2 bridgehead atoms. The highest BCUT2D eigenvalue weighted by molar-refractivity contribution is 8.02. The number of carbonyl (C=O) groups excluding carboxylic acids is 3. The van der Waals surface area contributed by atoms with Crippen molar-refractivity contribution in [2.75, 3.05) is 31.2 Å². The molecule has 3 aliphatic rings. The fraction of sp³-hybridized carbons (Fsp3) is 0.594. The first-order chi connectivity index (χ1) is 19.3. The van der Waals surface area contributed by atoms with Gasteiger partial charge >= 0.3 is 0 Å². The molecule has 3 heterocycles. The number of amides is 3. The molecule has 1 aromatic carbocycles. The van der Waals surface area contributed by atoms with Crippen molar-refractivity contribution >= 4 is 35.2 Å². The summed E-state index contributed by atoms with van der Waals surface area (Å²) in [4.78, 5) is 48.5. The molecular weight excluding hydrogens is 538 g/mol. The summed E-state index contributed by atoms with van der Waals surface area (Å²) >= 11 is 1.64. The number of rotatable bonds is 11. The molecule has 1 aromatic rings. The quantitative estimate of drug-likeness (QED) is 0.391. The highest BCUT2D eigenvalue weighted by Gasteiger charge is 2.78. The van der Waals surface area contributed by atoms with E-state index in [-0.39, 0.29) is 30.9 Å². The minimum atomic E-state index is -0.788. The summed E-state index contributed by atoms with van der Waals surface area (Å²) in [6.45, 7) is 20.3. The topological polar surface area (TPSA) is 90.4 Å². The zero-order chi connectivity index (χ0) is 30.3. The Morgan fingerprint density at radius 3 is 2.34 bits per heavy atom. The van der Waals surface area contributed by atoms with E-state index in [1.807, 2.05) is 52.0 Å². The summed E-state index contributed by atoms with van der Waals surface area (Å²) in [6, 6.07) is 6.02. The number of hydrogen-bond donors (Lipinski definition) is 1. The van der Waals surface area contributed by atoms with E-state index in [1.54, 1.807) is 45.5 Å². The molecule has 2 unspecified atom stereocenters. The van der Waals surface area contributed by atoms with E-state index in [0.717, 1.165) is 0 Å². The largest absolute Gasteiger partial charge is 0.494 e. The van der Waals surface area contributed by atoms with Crippen molar-refractivity contribution in [2.45, 2.75) is 81.5 Å². The molecule has 3 fully saturated rings. The molecular formula is C32H45N3O5S. The molecule has 0 radical (unpaired) electrons. The second-order valence-electron chi connectivity index (χ2n) is 12.6. The first-order valence-electron chi connectivity index (χ1n) is 14.5. The molecule has 8 nitrogen and oxygen atoms in total. The Bertz CT molecular complexity index is 1200. The van der Waals surface area contributed by atoms with Crippen LogP contribution in [0.15, 0.2) is 49.6 Å². The average molecular weight is 584 g/mol. The number of nitrogens with zero attached hydrogens (tertiary/aromatic N) is 3. The first-order valence-corrected chi connectivity index (χ1v) is 15.3. The van der Waals surface area contributed by atoms with E-state index in [1.165, 1.54) is 0 Å². The van der Waals surface area contributed by atoms with Crippen LogP contribution in [0.3, 0.4) is 0 Å². The van der Waals surface area contributed by atoms with E-state index < -0.39 is 39.0 Å². The van der Waals surface area contributed by atoms with Crippen LogP contribution in [0.1, 0.15) is 54.4 Å². The lowest BCUT2D eigenvalue weighted by atomic mass is 9.66. The van der Waals surface area contributed by atoms with E-state index in [4.69, 9.17) is 4.74 Å². The van der Waals surface area contributed by atoms with Crippen LogP contribution in [0.2, 0.25) is 0 Å². The Morgan fingerprint density at radius 1 is 1.17 bits per heavy atom. The molecule has 41 heavy (non-hydrogen) atoms. The number of benzene rings is 1. The third-order valence-electron chi connectivity index (χ3n) is 8.88. The van der Waals surface area contributed by atoms with Crippen LogP contribution in [0, 0.1) is 11.8 Å². The van der Waals surface area contributed by atoms with Crippen molar-refractivity contribution in [2.24, 2.45) is 11.8 Å². The Balaban J connectivity index is 1.80. The fourth-order valence-corrected chi connectivity index (χ4v) is 9.39. The molecule has 3 aliphatic heterocycles. The summed E-state index contributed by atoms with van der Waals surface area (Å²) < 4.78 is 4.31. The third kappa shape index (κ3) is 5.09. The number of aliphatic hydroxyl groups is 1. The van der Waals surface area contributed by atoms with Gasteiger partial charge in [-0.1, -0.05) is 12.2 Å². The van der Waals surface area contributed by atoms with Gasteiger partial charge in [-0.25, -0.2) is 0 Å². The maximum absolute atomic E-state index is 14.5. The van der Waals surface area contributed by atoms with Crippen LogP contribution in [-0.4, -0.2) is 86.0 Å². The summed E-state index contributed by atoms with van der Waals surface area (Å²) in [5.41, 5.74) is 0.193. The second-order valence-corrected chi connectivity index (χ2v) is 14.5. The number of likely N-dealkylation sites (tertiary alicyclic amines) is 1. The van der Waals surface area contributed by atoms with Crippen molar-refractivity contribution in [1.29, 1.82) is 0 Å². The highest BCUT2D eigenvalue weighted by atomic mass is 32.2. The average Bonchev–Trinajstić information content (AvgIpc) is 3.50. The van der Waals surface area contributed by atoms with Crippen molar-refractivity contribution in [3.8, 4) is 5.75 Å². The first kappa shape index (κ1) is 31.2. The van der Waals surface area contributed by atoms with Crippen LogP contribution in [0.4, 0.5) is 5.69 Å². The Hall–Kier alpha value is -2.78. The Labute approximate surface area is 248 Å². The van der Waals surface area contributed by atoms with Crippen LogP contribution in [-0.2, 0) is 14.4 Å². The zero-order valence-corrected chi connectivity index (χ0v) is 26.1. The number of fused-ring (bicyclic) bond motifs is 1. The van der Waals surface area contributed by atoms with Gasteiger partial charge in [-0.2, -0.15) is 0 Å². The number of aliphatic hydroxyl groups excluding tert-OH is 1. The fourth-order valence-electron chi connectivity index (χ4n) is 7.06. The van der Waals surface area contributed by atoms with Gasteiger partial charge in [0.25, 0.3) is 0 Å². The van der Waals surface area contributed by atoms with E-state index in [2.05, 4.69) is 20.1 Å². The van der Waals surface area contributed by atoms with Crippen molar-refractivity contribution < 1.29 is 24.2 Å². The molecule has 0 aromatic heterocycles. The van der Waals surface area contributed by atoms with Gasteiger partial charge in [-0.3, -0.25) is 14.4 Å². The maximum atomic E-state index is 14.5. The third-order valence-corrected chi connectivity index (χ3v) is 10.9. The Morgan fingerprint density at radius 2 is 1.80 bits per heavy atom. The zero-order valence-electron chi connectivity index (χ0n) is 25.3. The minimum Gasteiger partial charge on any atom is -0.494 e. The van der Waals surface area contributed by atoms with Gasteiger partial charge in [0.15, 0.2) is 0 Å². The molecule has 0 aliphatic carbocycles. The molecule has 1 spiro atoms. The lowest BCUT2D eigenvalue weighted by molar-refractivity contribution is -0.148. The molecule has 3 amide bonds. The lowest BCUT2D eigenvalue weighted by Gasteiger charge is -2.43. The number of ether oxygens (including phenoxy) is 1. The van der Waals surface area contributed by atoms with Crippen LogP contribution in [0.5, 0.6) is 5.75 Å². The van der Waals surface area contributed by atoms with Crippen molar-refractivity contribution in [3.05, 3.63) is 49.6 Å².